The second-order valence-corrected chi connectivity index (χ2v) is 20.5. The molecular weight excluding hydrogens is 590 g/mol. The Hall–Kier alpha value is -1.01. The Bertz CT molecular complexity index is 904. The topological polar surface area (TPSA) is 95.9 Å². The zero-order valence-electron chi connectivity index (χ0n) is 30.8. The summed E-state index contributed by atoms with van der Waals surface area (Å²) in [7, 11) is -1.90. The van der Waals surface area contributed by atoms with Crippen LogP contribution in [0.25, 0.3) is 0 Å². The van der Waals surface area contributed by atoms with Crippen LogP contribution in [0, 0.1) is 17.8 Å². The smallest absolute Gasteiger partial charge is 0.415 e. The van der Waals surface area contributed by atoms with E-state index in [1.54, 1.807) is 11.0 Å². The van der Waals surface area contributed by atoms with Gasteiger partial charge >= 0.3 is 6.09 Å². The molecule has 264 valence electrons. The van der Waals surface area contributed by atoms with Gasteiger partial charge in [-0.15, -0.1) is 0 Å². The summed E-state index contributed by atoms with van der Waals surface area (Å²) in [6, 6.07) is 0.0318. The van der Waals surface area contributed by atoms with E-state index in [-0.39, 0.29) is 53.4 Å². The van der Waals surface area contributed by atoms with Crippen LogP contribution in [-0.4, -0.2) is 86.7 Å². The highest BCUT2D eigenvalue weighted by Crippen LogP contribution is 2.41. The Kier molecular flexibility index (Phi) is 15.5. The van der Waals surface area contributed by atoms with Gasteiger partial charge in [-0.2, -0.15) is 0 Å². The van der Waals surface area contributed by atoms with Crippen LogP contribution in [0.5, 0.6) is 0 Å². The SMILES string of the molecule is CC(C)N(C(=O)O/C=C\[C@H](C)[C@H](O)[C@H](CCOC1CCCCO1)[C@@H]1OC(C)(C)O[C@H](CCO[Si](C)(C)C(C)(C)C)[C@@H]1C)C(C)C. The molecule has 0 bridgehead atoms. The van der Waals surface area contributed by atoms with Crippen molar-refractivity contribution in [1.29, 1.82) is 0 Å². The number of hydrogen-bond acceptors (Lipinski definition) is 8. The Morgan fingerprint density at radius 1 is 1.07 bits per heavy atom. The lowest BCUT2D eigenvalue weighted by Gasteiger charge is -2.49. The molecule has 10 heteroatoms. The van der Waals surface area contributed by atoms with Crippen LogP contribution in [0.15, 0.2) is 12.3 Å². The van der Waals surface area contributed by atoms with Crippen LogP contribution in [0.1, 0.15) is 108 Å². The maximum Gasteiger partial charge on any atom is 0.415 e. The third kappa shape index (κ3) is 12.2. The van der Waals surface area contributed by atoms with Crippen LogP contribution in [0.4, 0.5) is 4.79 Å². The van der Waals surface area contributed by atoms with E-state index in [2.05, 4.69) is 40.8 Å². The molecule has 1 N–H and O–H groups in total. The maximum atomic E-state index is 12.7. The van der Waals surface area contributed by atoms with Gasteiger partial charge in [0, 0.05) is 43.1 Å². The lowest BCUT2D eigenvalue weighted by molar-refractivity contribution is -0.334. The number of carbonyl (C=O) groups excluding carboxylic acids is 1. The van der Waals surface area contributed by atoms with Gasteiger partial charge in [-0.25, -0.2) is 4.79 Å². The fraction of sp³-hybridized carbons (Fsp3) is 0.914. The maximum absolute atomic E-state index is 12.7. The van der Waals surface area contributed by atoms with Crippen molar-refractivity contribution in [2.45, 2.75) is 169 Å². The van der Waals surface area contributed by atoms with E-state index in [1.807, 2.05) is 48.5 Å². The van der Waals surface area contributed by atoms with Crippen molar-refractivity contribution in [3.63, 3.8) is 0 Å². The average molecular weight is 658 g/mol. The van der Waals surface area contributed by atoms with Crippen LogP contribution in [0.2, 0.25) is 18.1 Å². The molecule has 0 spiro atoms. The van der Waals surface area contributed by atoms with E-state index in [4.69, 9.17) is 28.1 Å². The van der Waals surface area contributed by atoms with E-state index in [0.717, 1.165) is 32.3 Å². The first-order chi connectivity index (χ1) is 20.8. The van der Waals surface area contributed by atoms with Crippen LogP contribution < -0.4 is 0 Å². The number of ether oxygens (including phenoxy) is 5. The lowest BCUT2D eigenvalue weighted by Crippen LogP contribution is -2.55. The van der Waals surface area contributed by atoms with E-state index >= 15 is 0 Å². The Labute approximate surface area is 275 Å². The first-order valence-corrected chi connectivity index (χ1v) is 20.2. The fourth-order valence-electron chi connectivity index (χ4n) is 6.10. The molecule has 2 fully saturated rings. The summed E-state index contributed by atoms with van der Waals surface area (Å²) in [4.78, 5) is 14.4. The lowest BCUT2D eigenvalue weighted by atomic mass is 9.78. The molecule has 0 aromatic heterocycles. The first kappa shape index (κ1) is 40.2. The van der Waals surface area contributed by atoms with Crippen molar-refractivity contribution in [3.05, 3.63) is 12.3 Å². The van der Waals surface area contributed by atoms with Crippen molar-refractivity contribution in [2.75, 3.05) is 19.8 Å². The molecule has 7 atom stereocenters. The van der Waals surface area contributed by atoms with Crippen LogP contribution in [-0.2, 0) is 28.1 Å². The molecule has 0 aliphatic carbocycles. The summed E-state index contributed by atoms with van der Waals surface area (Å²) >= 11 is 0. The molecule has 2 aliphatic rings. The van der Waals surface area contributed by atoms with Crippen LogP contribution >= 0.6 is 0 Å². The zero-order chi connectivity index (χ0) is 34.2. The predicted molar refractivity (Wildman–Crippen MR) is 181 cm³/mol. The summed E-state index contributed by atoms with van der Waals surface area (Å²) in [5.74, 6) is -1.38. The van der Waals surface area contributed by atoms with Crippen molar-refractivity contribution in [3.8, 4) is 0 Å². The Balaban J connectivity index is 2.21. The summed E-state index contributed by atoms with van der Waals surface area (Å²) in [5.41, 5.74) is 0. The zero-order valence-corrected chi connectivity index (χ0v) is 31.8. The van der Waals surface area contributed by atoms with E-state index in [1.165, 1.54) is 6.26 Å². The van der Waals surface area contributed by atoms with Gasteiger partial charge in [0.1, 0.15) is 0 Å². The largest absolute Gasteiger partial charge is 0.418 e. The average Bonchev–Trinajstić information content (AvgIpc) is 2.92. The van der Waals surface area contributed by atoms with Gasteiger partial charge in [0.05, 0.1) is 31.2 Å². The molecule has 9 nitrogen and oxygen atoms in total. The summed E-state index contributed by atoms with van der Waals surface area (Å²) in [6.07, 6.45) is 5.80. The number of aliphatic hydroxyl groups excluding tert-OH is 1. The molecule has 0 radical (unpaired) electrons. The predicted octanol–water partition coefficient (Wildman–Crippen LogP) is 7.87. The Morgan fingerprint density at radius 2 is 1.71 bits per heavy atom. The summed E-state index contributed by atoms with van der Waals surface area (Å²) in [6.45, 7) is 28.9. The number of carbonyl (C=O) groups is 1. The van der Waals surface area contributed by atoms with Crippen molar-refractivity contribution >= 4 is 14.4 Å². The van der Waals surface area contributed by atoms with Gasteiger partial charge in [0.25, 0.3) is 0 Å². The number of amides is 1. The quantitative estimate of drug-likeness (QED) is 0.140. The minimum absolute atomic E-state index is 0.00581. The van der Waals surface area contributed by atoms with E-state index in [9.17, 15) is 9.90 Å². The second-order valence-electron chi connectivity index (χ2n) is 15.7. The fourth-order valence-corrected chi connectivity index (χ4v) is 7.16. The highest BCUT2D eigenvalue weighted by Gasteiger charge is 2.47. The van der Waals surface area contributed by atoms with E-state index < -0.39 is 26.3 Å². The highest BCUT2D eigenvalue weighted by molar-refractivity contribution is 6.74. The third-order valence-electron chi connectivity index (χ3n) is 9.80. The standard InChI is InChI=1S/C35H67NO8Si/c1-24(2)36(25(3)4)33(38)41-21-17-26(5)31(37)28(18-22-40-30-16-14-15-20-39-30)32-27(6)29(43-35(10,11)44-32)19-23-42-45(12,13)34(7,8)9/h17,21,24-32,37H,14-16,18-20,22-23H2,1-13H3/b21-17-/t26-,27-,28-,29+,30?,31-,32+/m0/s1. The Morgan fingerprint density at radius 3 is 2.27 bits per heavy atom. The number of hydrogen-bond donors (Lipinski definition) is 1. The molecule has 0 aromatic rings. The molecule has 2 saturated heterocycles. The van der Waals surface area contributed by atoms with E-state index in [0.29, 0.717) is 19.6 Å². The van der Waals surface area contributed by atoms with Gasteiger partial charge in [0.2, 0.25) is 0 Å². The molecular formula is C35H67NO8Si. The van der Waals surface area contributed by atoms with Crippen molar-refractivity contribution in [1.82, 2.24) is 4.90 Å². The van der Waals surface area contributed by atoms with Gasteiger partial charge in [-0.3, -0.25) is 0 Å². The van der Waals surface area contributed by atoms with Crippen LogP contribution in [0.3, 0.4) is 0 Å². The number of nitrogens with zero attached hydrogens (tertiary/aromatic N) is 1. The summed E-state index contributed by atoms with van der Waals surface area (Å²) < 4.78 is 37.0. The molecule has 1 amide bonds. The molecule has 2 rings (SSSR count). The molecule has 45 heavy (non-hydrogen) atoms. The van der Waals surface area contributed by atoms with Gasteiger partial charge in [-0.1, -0.05) is 34.6 Å². The van der Waals surface area contributed by atoms with Gasteiger partial charge in [0.15, 0.2) is 20.4 Å². The minimum atomic E-state index is -1.90. The normalized spacial score (nSPS) is 26.7. The molecule has 0 saturated carbocycles. The first-order valence-electron chi connectivity index (χ1n) is 17.3. The number of rotatable bonds is 15. The third-order valence-corrected chi connectivity index (χ3v) is 14.3. The number of aliphatic hydroxyl groups is 1. The minimum Gasteiger partial charge on any atom is -0.418 e. The van der Waals surface area contributed by atoms with Crippen molar-refractivity contribution < 1.29 is 38.0 Å². The monoisotopic (exact) mass is 657 g/mol. The molecule has 1 unspecified atom stereocenters. The van der Waals surface area contributed by atoms with Crippen molar-refractivity contribution in [2.24, 2.45) is 17.8 Å². The molecule has 2 heterocycles. The van der Waals surface area contributed by atoms with Gasteiger partial charge < -0.3 is 38.1 Å². The van der Waals surface area contributed by atoms with Gasteiger partial charge in [-0.05, 0) is 97.9 Å². The second kappa shape index (κ2) is 17.4. The molecule has 2 aliphatic heterocycles. The highest BCUT2D eigenvalue weighted by atomic mass is 28.4. The summed E-state index contributed by atoms with van der Waals surface area (Å²) in [5, 5.41) is 12.0. The molecule has 0 aromatic carbocycles.